The first kappa shape index (κ1) is 21.6. The van der Waals surface area contributed by atoms with Gasteiger partial charge in [-0.2, -0.15) is 0 Å². The van der Waals surface area contributed by atoms with Crippen molar-refractivity contribution >= 4 is 16.8 Å². The second kappa shape index (κ2) is 10.1. The van der Waals surface area contributed by atoms with Crippen LogP contribution in [0.1, 0.15) is 41.6 Å². The Morgan fingerprint density at radius 2 is 1.91 bits per heavy atom. The Hall–Kier alpha value is -3.60. The van der Waals surface area contributed by atoms with E-state index in [1.807, 2.05) is 48.7 Å². The molecule has 0 aliphatic heterocycles. The SMILES string of the molecule is CCc1cccc2c([C@H](CC(=O)NCCc3ccccn3)c3ccccc3OC)c[nH]c12. The number of aromatic amines is 1. The number of benzene rings is 2. The summed E-state index contributed by atoms with van der Waals surface area (Å²) < 4.78 is 5.65. The van der Waals surface area contributed by atoms with Gasteiger partial charge in [-0.3, -0.25) is 9.78 Å². The highest BCUT2D eigenvalue weighted by Gasteiger charge is 2.24. The number of H-pyrrole nitrogens is 1. The number of ether oxygens (including phenoxy) is 1. The summed E-state index contributed by atoms with van der Waals surface area (Å²) in [4.78, 5) is 20.8. The molecule has 0 bridgehead atoms. The Morgan fingerprint density at radius 1 is 1.06 bits per heavy atom. The van der Waals surface area contributed by atoms with Crippen molar-refractivity contribution in [2.24, 2.45) is 0 Å². The summed E-state index contributed by atoms with van der Waals surface area (Å²) in [5.41, 5.74) is 5.50. The number of carbonyl (C=O) groups excluding carboxylic acids is 1. The second-order valence-electron chi connectivity index (χ2n) is 7.86. The predicted octanol–water partition coefficient (Wildman–Crippen LogP) is 5.01. The van der Waals surface area contributed by atoms with Crippen molar-refractivity contribution in [1.29, 1.82) is 0 Å². The second-order valence-corrected chi connectivity index (χ2v) is 7.86. The van der Waals surface area contributed by atoms with Crippen LogP contribution in [0.15, 0.2) is 73.1 Å². The van der Waals surface area contributed by atoms with Gasteiger partial charge in [0.25, 0.3) is 0 Å². The van der Waals surface area contributed by atoms with E-state index in [1.165, 1.54) is 5.56 Å². The molecule has 2 heterocycles. The quantitative estimate of drug-likeness (QED) is 0.394. The normalized spacial score (nSPS) is 11.9. The topological polar surface area (TPSA) is 67.0 Å². The number of aryl methyl sites for hydroxylation is 1. The van der Waals surface area contributed by atoms with Crippen LogP contribution in [0.5, 0.6) is 5.75 Å². The van der Waals surface area contributed by atoms with Crippen LogP contribution in [-0.2, 0) is 17.6 Å². The fourth-order valence-corrected chi connectivity index (χ4v) is 4.30. The number of pyridine rings is 1. The maximum Gasteiger partial charge on any atom is 0.220 e. The van der Waals surface area contributed by atoms with Crippen LogP contribution >= 0.6 is 0 Å². The number of rotatable bonds is 9. The van der Waals surface area contributed by atoms with Gasteiger partial charge in [0.1, 0.15) is 5.75 Å². The number of nitrogens with zero attached hydrogens (tertiary/aromatic N) is 1. The van der Waals surface area contributed by atoms with Gasteiger partial charge < -0.3 is 15.0 Å². The monoisotopic (exact) mass is 427 g/mol. The summed E-state index contributed by atoms with van der Waals surface area (Å²) >= 11 is 0. The minimum Gasteiger partial charge on any atom is -0.496 e. The van der Waals surface area contributed by atoms with Gasteiger partial charge in [0.05, 0.1) is 7.11 Å². The Kier molecular flexibility index (Phi) is 6.85. The molecular weight excluding hydrogens is 398 g/mol. The number of aromatic nitrogens is 2. The van der Waals surface area contributed by atoms with Crippen LogP contribution in [0.2, 0.25) is 0 Å². The third-order valence-electron chi connectivity index (χ3n) is 5.92. The van der Waals surface area contributed by atoms with E-state index in [0.717, 1.165) is 39.9 Å². The zero-order chi connectivity index (χ0) is 22.3. The molecule has 0 spiro atoms. The fraction of sp³-hybridized carbons (Fsp3) is 0.259. The lowest BCUT2D eigenvalue weighted by Crippen LogP contribution is -2.27. The lowest BCUT2D eigenvalue weighted by atomic mass is 9.87. The Balaban J connectivity index is 1.61. The number of amides is 1. The zero-order valence-corrected chi connectivity index (χ0v) is 18.6. The molecule has 4 aromatic rings. The first-order valence-corrected chi connectivity index (χ1v) is 11.1. The minimum absolute atomic E-state index is 0.0119. The van der Waals surface area contributed by atoms with E-state index in [9.17, 15) is 4.79 Å². The van der Waals surface area contributed by atoms with Crippen molar-refractivity contribution < 1.29 is 9.53 Å². The van der Waals surface area contributed by atoms with Crippen LogP contribution in [0.25, 0.3) is 10.9 Å². The first-order valence-electron chi connectivity index (χ1n) is 11.1. The molecule has 164 valence electrons. The highest BCUT2D eigenvalue weighted by Crippen LogP contribution is 2.38. The molecule has 0 saturated heterocycles. The number of nitrogens with one attached hydrogen (secondary N) is 2. The molecule has 32 heavy (non-hydrogen) atoms. The molecule has 5 nitrogen and oxygen atoms in total. The Bertz CT molecular complexity index is 1180. The number of carbonyl (C=O) groups is 1. The van der Waals surface area contributed by atoms with E-state index in [0.29, 0.717) is 19.4 Å². The molecule has 2 aromatic carbocycles. The van der Waals surface area contributed by atoms with Crippen molar-refractivity contribution in [3.63, 3.8) is 0 Å². The molecule has 5 heteroatoms. The van der Waals surface area contributed by atoms with Crippen molar-refractivity contribution in [3.8, 4) is 5.75 Å². The van der Waals surface area contributed by atoms with Crippen molar-refractivity contribution in [1.82, 2.24) is 15.3 Å². The van der Waals surface area contributed by atoms with Crippen molar-refractivity contribution in [2.45, 2.75) is 32.1 Å². The maximum absolute atomic E-state index is 13.0. The van der Waals surface area contributed by atoms with Gasteiger partial charge in [0.15, 0.2) is 0 Å². The maximum atomic E-state index is 13.0. The molecule has 0 fully saturated rings. The van der Waals surface area contributed by atoms with Crippen molar-refractivity contribution in [3.05, 3.63) is 95.4 Å². The average molecular weight is 428 g/mol. The van der Waals surface area contributed by atoms with Crippen LogP contribution < -0.4 is 10.1 Å². The number of methoxy groups -OCH3 is 1. The van der Waals surface area contributed by atoms with Crippen LogP contribution in [-0.4, -0.2) is 29.5 Å². The Labute approximate surface area is 188 Å². The molecular formula is C27H29N3O2. The highest BCUT2D eigenvalue weighted by atomic mass is 16.5. The Morgan fingerprint density at radius 3 is 2.69 bits per heavy atom. The third-order valence-corrected chi connectivity index (χ3v) is 5.92. The van der Waals surface area contributed by atoms with E-state index >= 15 is 0 Å². The van der Waals surface area contributed by atoms with Crippen LogP contribution in [0.4, 0.5) is 0 Å². The van der Waals surface area contributed by atoms with Gasteiger partial charge in [0.2, 0.25) is 5.91 Å². The lowest BCUT2D eigenvalue weighted by Gasteiger charge is -2.20. The molecule has 2 N–H and O–H groups in total. The van der Waals surface area contributed by atoms with Crippen LogP contribution in [0, 0.1) is 0 Å². The number of hydrogen-bond donors (Lipinski definition) is 2. The van der Waals surface area contributed by atoms with E-state index in [2.05, 4.69) is 40.4 Å². The third kappa shape index (κ3) is 4.67. The zero-order valence-electron chi connectivity index (χ0n) is 18.6. The van der Waals surface area contributed by atoms with Gasteiger partial charge >= 0.3 is 0 Å². The summed E-state index contributed by atoms with van der Waals surface area (Å²) in [5.74, 6) is 0.680. The van der Waals surface area contributed by atoms with E-state index in [-0.39, 0.29) is 11.8 Å². The molecule has 0 aliphatic rings. The van der Waals surface area contributed by atoms with Gasteiger partial charge in [-0.15, -0.1) is 0 Å². The molecule has 0 radical (unpaired) electrons. The minimum atomic E-state index is -0.123. The number of hydrogen-bond acceptors (Lipinski definition) is 3. The molecule has 0 unspecified atom stereocenters. The summed E-state index contributed by atoms with van der Waals surface area (Å²) in [6.07, 6.45) is 5.81. The summed E-state index contributed by atoms with van der Waals surface area (Å²) in [6.45, 7) is 2.71. The van der Waals surface area contributed by atoms with Gasteiger partial charge in [-0.25, -0.2) is 0 Å². The van der Waals surface area contributed by atoms with E-state index in [1.54, 1.807) is 13.3 Å². The summed E-state index contributed by atoms with van der Waals surface area (Å²) in [5, 5.41) is 4.23. The summed E-state index contributed by atoms with van der Waals surface area (Å²) in [7, 11) is 1.67. The molecule has 0 aliphatic carbocycles. The average Bonchev–Trinajstić information content (AvgIpc) is 3.27. The number of fused-ring (bicyclic) bond motifs is 1. The first-order chi connectivity index (χ1) is 15.7. The standard InChI is InChI=1S/C27H29N3O2/c1-3-19-9-8-12-22-24(18-30-27(19)22)23(21-11-4-5-13-25(21)32-2)17-26(31)29-16-14-20-10-6-7-15-28-20/h4-13,15,18,23,30H,3,14,16-17H2,1-2H3,(H,29,31)/t23-/m1/s1. The van der Waals surface area contributed by atoms with E-state index in [4.69, 9.17) is 4.74 Å². The lowest BCUT2D eigenvalue weighted by molar-refractivity contribution is -0.121. The van der Waals surface area contributed by atoms with Crippen molar-refractivity contribution in [2.75, 3.05) is 13.7 Å². The summed E-state index contributed by atoms with van der Waals surface area (Å²) in [6, 6.07) is 20.1. The molecule has 2 aromatic heterocycles. The van der Waals surface area contributed by atoms with Gasteiger partial charge in [-0.1, -0.05) is 49.4 Å². The molecule has 1 atom stereocenters. The number of para-hydroxylation sites is 2. The van der Waals surface area contributed by atoms with Crippen LogP contribution in [0.3, 0.4) is 0 Å². The highest BCUT2D eigenvalue weighted by molar-refractivity contribution is 5.88. The largest absolute Gasteiger partial charge is 0.496 e. The van der Waals surface area contributed by atoms with E-state index < -0.39 is 0 Å². The smallest absolute Gasteiger partial charge is 0.220 e. The fourth-order valence-electron chi connectivity index (χ4n) is 4.30. The molecule has 4 rings (SSSR count). The van der Waals surface area contributed by atoms with Gasteiger partial charge in [-0.05, 0) is 35.7 Å². The van der Waals surface area contributed by atoms with Gasteiger partial charge in [0, 0.05) is 59.9 Å². The molecule has 1 amide bonds. The predicted molar refractivity (Wildman–Crippen MR) is 128 cm³/mol. The molecule has 0 saturated carbocycles.